The molecule has 2 N–H and O–H groups in total. The molecular weight excluding hydrogens is 459 g/mol. The number of amides is 1. The number of carbonyl (C=O) groups excluding carboxylic acids is 1. The van der Waals surface area contributed by atoms with Crippen LogP contribution in [-0.4, -0.2) is 24.0 Å². The zero-order valence-corrected chi connectivity index (χ0v) is 20.1. The van der Waals surface area contributed by atoms with E-state index in [0.29, 0.717) is 11.1 Å². The molecule has 0 saturated heterocycles. The number of pyridine rings is 2. The molecule has 3 rings (SSSR count). The molecule has 0 aliphatic heterocycles. The largest absolute Gasteiger partial charge is 0.350 e. The summed E-state index contributed by atoms with van der Waals surface area (Å²) in [6, 6.07) is 9.50. The maximum atomic E-state index is 14.1. The Morgan fingerprint density at radius 1 is 1.09 bits per heavy atom. The standard InChI is InChI=1S/C24H27FN4O4S/c1-4-5-18-6-8-19(9-7-18)34(32,33)28-29-13-11-16(2)20(24(29)31)14-22(30)27-15-21-23(25)17(3)10-12-26-21/h6-13,28H,4-5,14-15H2,1-3H3,(H,27,30). The number of aromatic nitrogens is 2. The molecule has 3 aromatic rings. The molecule has 2 heterocycles. The van der Waals surface area contributed by atoms with E-state index >= 15 is 0 Å². The first kappa shape index (κ1) is 25.1. The first-order valence-electron chi connectivity index (χ1n) is 10.8. The average Bonchev–Trinajstić information content (AvgIpc) is 2.80. The SMILES string of the molecule is CCCc1ccc(S(=O)(=O)Nn2ccc(C)c(CC(=O)NCc3nccc(C)c3F)c2=O)cc1. The van der Waals surface area contributed by atoms with Gasteiger partial charge in [-0.2, -0.15) is 8.42 Å². The number of halogens is 1. The third-order valence-electron chi connectivity index (χ3n) is 5.36. The predicted molar refractivity (Wildman–Crippen MR) is 127 cm³/mol. The van der Waals surface area contributed by atoms with Gasteiger partial charge in [0.05, 0.1) is 23.6 Å². The van der Waals surface area contributed by atoms with E-state index in [-0.39, 0.29) is 29.1 Å². The molecule has 0 spiro atoms. The minimum atomic E-state index is -4.02. The van der Waals surface area contributed by atoms with Crippen LogP contribution in [0.15, 0.2) is 58.5 Å². The number of nitrogens with zero attached hydrogens (tertiary/aromatic N) is 2. The summed E-state index contributed by atoms with van der Waals surface area (Å²) in [5, 5.41) is 2.55. The van der Waals surface area contributed by atoms with Crippen molar-refractivity contribution in [3.63, 3.8) is 0 Å². The molecule has 1 amide bonds. The van der Waals surface area contributed by atoms with Crippen LogP contribution < -0.4 is 15.7 Å². The average molecular weight is 487 g/mol. The Labute approximate surface area is 197 Å². The Bertz CT molecular complexity index is 1350. The molecule has 0 unspecified atom stereocenters. The molecule has 0 radical (unpaired) electrons. The van der Waals surface area contributed by atoms with E-state index in [1.54, 1.807) is 32.0 Å². The first-order valence-corrected chi connectivity index (χ1v) is 12.3. The van der Waals surface area contributed by atoms with Crippen molar-refractivity contribution < 1.29 is 17.6 Å². The third kappa shape index (κ3) is 5.88. The summed E-state index contributed by atoms with van der Waals surface area (Å²) in [7, 11) is -4.02. The molecule has 34 heavy (non-hydrogen) atoms. The Hall–Kier alpha value is -3.53. The maximum Gasteiger partial charge on any atom is 0.275 e. The summed E-state index contributed by atoms with van der Waals surface area (Å²) < 4.78 is 40.5. The molecule has 0 bridgehead atoms. The molecule has 2 aromatic heterocycles. The van der Waals surface area contributed by atoms with Crippen LogP contribution in [0.2, 0.25) is 0 Å². The van der Waals surface area contributed by atoms with Crippen molar-refractivity contribution in [2.75, 3.05) is 4.83 Å². The molecule has 0 saturated carbocycles. The Kier molecular flexibility index (Phi) is 7.83. The predicted octanol–water partition coefficient (Wildman–Crippen LogP) is 2.74. The lowest BCUT2D eigenvalue weighted by atomic mass is 10.1. The number of hydrogen-bond donors (Lipinski definition) is 2. The van der Waals surface area contributed by atoms with E-state index in [1.807, 2.05) is 6.92 Å². The van der Waals surface area contributed by atoms with Crippen molar-refractivity contribution in [3.8, 4) is 0 Å². The second-order valence-corrected chi connectivity index (χ2v) is 9.64. The highest BCUT2D eigenvalue weighted by molar-refractivity contribution is 7.92. The van der Waals surface area contributed by atoms with Crippen LogP contribution in [0, 0.1) is 19.7 Å². The number of aryl methyl sites for hydroxylation is 3. The van der Waals surface area contributed by atoms with Gasteiger partial charge in [0, 0.05) is 18.0 Å². The van der Waals surface area contributed by atoms with Gasteiger partial charge in [0.2, 0.25) is 5.91 Å². The second-order valence-electron chi connectivity index (χ2n) is 7.98. The Morgan fingerprint density at radius 3 is 2.47 bits per heavy atom. The Balaban J connectivity index is 1.75. The quantitative estimate of drug-likeness (QED) is 0.483. The highest BCUT2D eigenvalue weighted by Gasteiger charge is 2.18. The summed E-state index contributed by atoms with van der Waals surface area (Å²) >= 11 is 0. The maximum absolute atomic E-state index is 14.1. The van der Waals surface area contributed by atoms with Gasteiger partial charge in [-0.05, 0) is 61.2 Å². The molecule has 0 atom stereocenters. The molecule has 0 fully saturated rings. The van der Waals surface area contributed by atoms with Crippen LogP contribution in [0.4, 0.5) is 4.39 Å². The van der Waals surface area contributed by atoms with Crippen molar-refractivity contribution in [1.29, 1.82) is 0 Å². The van der Waals surface area contributed by atoms with Gasteiger partial charge in [-0.15, -0.1) is 0 Å². The van der Waals surface area contributed by atoms with Gasteiger partial charge in [-0.3, -0.25) is 14.6 Å². The van der Waals surface area contributed by atoms with Crippen LogP contribution in [0.25, 0.3) is 0 Å². The Morgan fingerprint density at radius 2 is 1.79 bits per heavy atom. The monoisotopic (exact) mass is 486 g/mol. The number of benzene rings is 1. The van der Waals surface area contributed by atoms with E-state index < -0.39 is 27.3 Å². The summed E-state index contributed by atoms with van der Waals surface area (Å²) in [5.74, 6) is -1.02. The summed E-state index contributed by atoms with van der Waals surface area (Å²) in [5.41, 5.74) is 1.50. The highest BCUT2D eigenvalue weighted by Crippen LogP contribution is 2.13. The van der Waals surface area contributed by atoms with E-state index in [2.05, 4.69) is 15.1 Å². The summed E-state index contributed by atoms with van der Waals surface area (Å²) in [6.07, 6.45) is 4.23. The smallest absolute Gasteiger partial charge is 0.275 e. The van der Waals surface area contributed by atoms with Crippen LogP contribution in [0.3, 0.4) is 0 Å². The lowest BCUT2D eigenvalue weighted by Crippen LogP contribution is -2.36. The normalized spacial score (nSPS) is 11.3. The number of hydrogen-bond acceptors (Lipinski definition) is 5. The zero-order valence-electron chi connectivity index (χ0n) is 19.3. The van der Waals surface area contributed by atoms with Crippen molar-refractivity contribution in [1.82, 2.24) is 15.0 Å². The van der Waals surface area contributed by atoms with Crippen molar-refractivity contribution >= 4 is 15.9 Å². The van der Waals surface area contributed by atoms with Gasteiger partial charge >= 0.3 is 0 Å². The van der Waals surface area contributed by atoms with Crippen LogP contribution >= 0.6 is 0 Å². The van der Waals surface area contributed by atoms with E-state index in [4.69, 9.17) is 0 Å². The van der Waals surface area contributed by atoms with Crippen LogP contribution in [-0.2, 0) is 34.2 Å². The van der Waals surface area contributed by atoms with Gasteiger partial charge in [0.1, 0.15) is 5.82 Å². The molecule has 10 heteroatoms. The second kappa shape index (κ2) is 10.6. The number of sulfonamides is 1. The fourth-order valence-electron chi connectivity index (χ4n) is 3.39. The van der Waals surface area contributed by atoms with Gasteiger partial charge in [-0.25, -0.2) is 13.9 Å². The number of nitrogens with one attached hydrogen (secondary N) is 2. The van der Waals surface area contributed by atoms with Crippen molar-refractivity contribution in [2.45, 2.75) is 51.5 Å². The minimum Gasteiger partial charge on any atom is -0.350 e. The molecule has 180 valence electrons. The fraction of sp³-hybridized carbons (Fsp3) is 0.292. The van der Waals surface area contributed by atoms with Gasteiger partial charge in [-0.1, -0.05) is 25.5 Å². The lowest BCUT2D eigenvalue weighted by Gasteiger charge is -2.14. The highest BCUT2D eigenvalue weighted by atomic mass is 32.2. The van der Waals surface area contributed by atoms with E-state index in [9.17, 15) is 22.4 Å². The number of rotatable bonds is 9. The van der Waals surface area contributed by atoms with Crippen LogP contribution in [0.5, 0.6) is 0 Å². The molecule has 0 aliphatic carbocycles. The molecule has 0 aliphatic rings. The fourth-order valence-corrected chi connectivity index (χ4v) is 4.39. The van der Waals surface area contributed by atoms with Gasteiger partial charge in [0.15, 0.2) is 0 Å². The molecular formula is C24H27FN4O4S. The molecule has 8 nitrogen and oxygen atoms in total. The lowest BCUT2D eigenvalue weighted by molar-refractivity contribution is -0.120. The van der Waals surface area contributed by atoms with Gasteiger partial charge in [0.25, 0.3) is 15.6 Å². The van der Waals surface area contributed by atoms with Crippen LogP contribution in [0.1, 0.15) is 41.3 Å². The van der Waals surface area contributed by atoms with Gasteiger partial charge < -0.3 is 5.32 Å². The van der Waals surface area contributed by atoms with Crippen molar-refractivity contribution in [3.05, 3.63) is 92.9 Å². The van der Waals surface area contributed by atoms with E-state index in [0.717, 1.165) is 23.1 Å². The zero-order chi connectivity index (χ0) is 24.9. The summed E-state index contributed by atoms with van der Waals surface area (Å²) in [6.45, 7) is 5.15. The summed E-state index contributed by atoms with van der Waals surface area (Å²) in [4.78, 5) is 31.6. The minimum absolute atomic E-state index is 0.0202. The van der Waals surface area contributed by atoms with Crippen molar-refractivity contribution in [2.24, 2.45) is 0 Å². The number of carbonyl (C=O) groups is 1. The third-order valence-corrected chi connectivity index (χ3v) is 6.69. The topological polar surface area (TPSA) is 110 Å². The van der Waals surface area contributed by atoms with E-state index in [1.165, 1.54) is 30.6 Å². The first-order chi connectivity index (χ1) is 16.1. The molecule has 1 aromatic carbocycles.